The van der Waals surface area contributed by atoms with Crippen molar-refractivity contribution in [2.75, 3.05) is 12.4 Å². The van der Waals surface area contributed by atoms with E-state index in [9.17, 15) is 9.90 Å². The largest absolute Gasteiger partial charge is 0.497 e. The second kappa shape index (κ2) is 7.77. The summed E-state index contributed by atoms with van der Waals surface area (Å²) in [4.78, 5) is 16.0. The molecule has 1 aliphatic rings. The maximum Gasteiger partial charge on any atom is 0.352 e. The summed E-state index contributed by atoms with van der Waals surface area (Å²) in [6.07, 6.45) is 1.64. The number of methoxy groups -OCH3 is 1. The normalized spacial score (nSPS) is 15.3. The van der Waals surface area contributed by atoms with E-state index in [1.54, 1.807) is 17.9 Å². The summed E-state index contributed by atoms with van der Waals surface area (Å²) in [6.45, 7) is 0. The van der Waals surface area contributed by atoms with Gasteiger partial charge in [-0.25, -0.2) is 9.48 Å². The molecule has 0 amide bonds. The van der Waals surface area contributed by atoms with Crippen LogP contribution in [0.1, 0.15) is 17.2 Å². The van der Waals surface area contributed by atoms with Crippen LogP contribution in [0.15, 0.2) is 71.5 Å². The standard InChI is InChI=1S/C20H18N4O3S/c1-27-15-9-7-14(8-10-15)17-11-16(18(25)26)21-19-22-20(23-24(17)19)28-12-13-5-3-2-4-6-13/h2-11,17H,12H2,1H3,(H,25,26)(H,21,22,23)/t17-/m0/s1. The van der Waals surface area contributed by atoms with Crippen LogP contribution in [-0.2, 0) is 10.5 Å². The number of carbonyl (C=O) groups is 1. The Labute approximate surface area is 166 Å². The second-order valence-corrected chi connectivity index (χ2v) is 7.11. The van der Waals surface area contributed by atoms with Gasteiger partial charge in [0.1, 0.15) is 17.5 Å². The highest BCUT2D eigenvalue weighted by molar-refractivity contribution is 7.98. The van der Waals surface area contributed by atoms with Gasteiger partial charge in [0, 0.05) is 5.75 Å². The molecule has 0 bridgehead atoms. The van der Waals surface area contributed by atoms with Crippen molar-refractivity contribution in [2.24, 2.45) is 0 Å². The number of fused-ring (bicyclic) bond motifs is 1. The highest BCUT2D eigenvalue weighted by atomic mass is 32.2. The van der Waals surface area contributed by atoms with Gasteiger partial charge in [0.2, 0.25) is 11.1 Å². The molecule has 142 valence electrons. The Balaban J connectivity index is 1.63. The molecule has 1 aromatic heterocycles. The number of rotatable bonds is 6. The van der Waals surface area contributed by atoms with Gasteiger partial charge in [-0.2, -0.15) is 4.98 Å². The first kappa shape index (κ1) is 18.1. The maximum atomic E-state index is 11.5. The number of ether oxygens (including phenoxy) is 1. The van der Waals surface area contributed by atoms with Crippen LogP contribution >= 0.6 is 11.8 Å². The molecule has 28 heavy (non-hydrogen) atoms. The summed E-state index contributed by atoms with van der Waals surface area (Å²) in [5.74, 6) is 0.844. The molecule has 0 saturated heterocycles. The lowest BCUT2D eigenvalue weighted by Crippen LogP contribution is -2.24. The molecule has 1 atom stereocenters. The number of hydrogen-bond donors (Lipinski definition) is 2. The fourth-order valence-electron chi connectivity index (χ4n) is 2.92. The van der Waals surface area contributed by atoms with Crippen molar-refractivity contribution in [2.45, 2.75) is 17.0 Å². The first-order valence-electron chi connectivity index (χ1n) is 8.63. The van der Waals surface area contributed by atoms with Gasteiger partial charge >= 0.3 is 5.97 Å². The fraction of sp³-hybridized carbons (Fsp3) is 0.150. The van der Waals surface area contributed by atoms with E-state index in [2.05, 4.69) is 15.4 Å². The van der Waals surface area contributed by atoms with Gasteiger partial charge in [-0.1, -0.05) is 54.2 Å². The van der Waals surface area contributed by atoms with Gasteiger partial charge in [-0.3, -0.25) is 0 Å². The van der Waals surface area contributed by atoms with Gasteiger partial charge in [-0.15, -0.1) is 5.10 Å². The van der Waals surface area contributed by atoms with Crippen molar-refractivity contribution in [1.82, 2.24) is 14.8 Å². The lowest BCUT2D eigenvalue weighted by molar-refractivity contribution is -0.132. The van der Waals surface area contributed by atoms with Gasteiger partial charge in [0.15, 0.2) is 0 Å². The minimum absolute atomic E-state index is 0.0836. The van der Waals surface area contributed by atoms with Gasteiger partial charge < -0.3 is 15.2 Å². The number of hydrogen-bond acceptors (Lipinski definition) is 6. The lowest BCUT2D eigenvalue weighted by atomic mass is 10.0. The third-order valence-electron chi connectivity index (χ3n) is 4.34. The molecule has 4 rings (SSSR count). The molecule has 2 aromatic carbocycles. The number of carboxylic acids is 1. The summed E-state index contributed by atoms with van der Waals surface area (Å²) >= 11 is 1.51. The van der Waals surface area contributed by atoms with E-state index in [4.69, 9.17) is 4.74 Å². The molecular formula is C20H18N4O3S. The first-order valence-corrected chi connectivity index (χ1v) is 9.62. The zero-order valence-corrected chi connectivity index (χ0v) is 15.9. The molecule has 2 N–H and O–H groups in total. The smallest absolute Gasteiger partial charge is 0.352 e. The van der Waals surface area contributed by atoms with E-state index in [0.29, 0.717) is 11.1 Å². The predicted molar refractivity (Wildman–Crippen MR) is 106 cm³/mol. The van der Waals surface area contributed by atoms with Crippen LogP contribution < -0.4 is 10.1 Å². The van der Waals surface area contributed by atoms with Gasteiger partial charge in [-0.05, 0) is 29.3 Å². The van der Waals surface area contributed by atoms with Crippen molar-refractivity contribution in [3.8, 4) is 5.75 Å². The van der Waals surface area contributed by atoms with Crippen molar-refractivity contribution in [3.63, 3.8) is 0 Å². The fourth-order valence-corrected chi connectivity index (χ4v) is 3.70. The van der Waals surface area contributed by atoms with Crippen molar-refractivity contribution in [3.05, 3.63) is 77.5 Å². The van der Waals surface area contributed by atoms with Gasteiger partial charge in [0.25, 0.3) is 0 Å². The molecule has 0 fully saturated rings. The quantitative estimate of drug-likeness (QED) is 0.618. The Bertz CT molecular complexity index is 1020. The molecule has 0 radical (unpaired) electrons. The van der Waals surface area contributed by atoms with E-state index >= 15 is 0 Å². The van der Waals surface area contributed by atoms with Crippen LogP contribution in [-0.4, -0.2) is 33.0 Å². The van der Waals surface area contributed by atoms with Crippen LogP contribution in [0.4, 0.5) is 5.95 Å². The average Bonchev–Trinajstić information content (AvgIpc) is 3.15. The molecule has 0 spiro atoms. The third-order valence-corrected chi connectivity index (χ3v) is 5.25. The lowest BCUT2D eigenvalue weighted by Gasteiger charge is -2.22. The summed E-state index contributed by atoms with van der Waals surface area (Å²) in [5, 5.41) is 17.5. The minimum Gasteiger partial charge on any atom is -0.497 e. The summed E-state index contributed by atoms with van der Waals surface area (Å²) < 4.78 is 6.91. The Morgan fingerprint density at radius 3 is 2.64 bits per heavy atom. The van der Waals surface area contributed by atoms with E-state index in [1.165, 1.54) is 17.3 Å². The molecular weight excluding hydrogens is 376 g/mol. The number of allylic oxidation sites excluding steroid dienone is 1. The first-order chi connectivity index (χ1) is 13.6. The monoisotopic (exact) mass is 394 g/mol. The Hall–Kier alpha value is -3.26. The highest BCUT2D eigenvalue weighted by Gasteiger charge is 2.27. The Morgan fingerprint density at radius 2 is 1.96 bits per heavy atom. The number of nitrogens with zero attached hydrogens (tertiary/aromatic N) is 3. The van der Waals surface area contributed by atoms with Crippen molar-refractivity contribution >= 4 is 23.7 Å². The minimum atomic E-state index is -1.04. The van der Waals surface area contributed by atoms with Crippen molar-refractivity contribution in [1.29, 1.82) is 0 Å². The molecule has 0 unspecified atom stereocenters. The van der Waals surface area contributed by atoms with Gasteiger partial charge in [0.05, 0.1) is 7.11 Å². The summed E-state index contributed by atoms with van der Waals surface area (Å²) in [5.41, 5.74) is 2.15. The average molecular weight is 394 g/mol. The van der Waals surface area contributed by atoms with Crippen LogP contribution in [0, 0.1) is 0 Å². The summed E-state index contributed by atoms with van der Waals surface area (Å²) in [7, 11) is 1.60. The zero-order chi connectivity index (χ0) is 19.5. The van der Waals surface area contributed by atoms with Crippen LogP contribution in [0.2, 0.25) is 0 Å². The molecule has 3 aromatic rings. The molecule has 2 heterocycles. The highest BCUT2D eigenvalue weighted by Crippen LogP contribution is 2.32. The number of nitrogens with one attached hydrogen (secondary N) is 1. The van der Waals surface area contributed by atoms with E-state index < -0.39 is 5.97 Å². The molecule has 0 saturated carbocycles. The van der Waals surface area contributed by atoms with Crippen LogP contribution in [0.25, 0.3) is 0 Å². The number of thioether (sulfide) groups is 1. The SMILES string of the molecule is COc1ccc([C@@H]2C=C(C(=O)O)Nc3nc(SCc4ccccc4)nn32)cc1. The topological polar surface area (TPSA) is 89.3 Å². The number of anilines is 1. The van der Waals surface area contributed by atoms with E-state index in [1.807, 2.05) is 54.6 Å². The molecule has 0 aliphatic carbocycles. The van der Waals surface area contributed by atoms with E-state index in [0.717, 1.165) is 17.1 Å². The van der Waals surface area contributed by atoms with E-state index in [-0.39, 0.29) is 11.7 Å². The second-order valence-electron chi connectivity index (χ2n) is 6.17. The number of carboxylic acid groups (broad SMARTS) is 1. The van der Waals surface area contributed by atoms with Crippen LogP contribution in [0.3, 0.4) is 0 Å². The number of benzene rings is 2. The summed E-state index contributed by atoms with van der Waals surface area (Å²) in [6, 6.07) is 17.2. The maximum absolute atomic E-state index is 11.5. The molecule has 7 nitrogen and oxygen atoms in total. The molecule has 1 aliphatic heterocycles. The zero-order valence-electron chi connectivity index (χ0n) is 15.1. The predicted octanol–water partition coefficient (Wildman–Crippen LogP) is 3.56. The number of aromatic nitrogens is 3. The molecule has 8 heteroatoms. The Kier molecular flexibility index (Phi) is 5.03. The Morgan fingerprint density at radius 1 is 1.21 bits per heavy atom. The van der Waals surface area contributed by atoms with Crippen LogP contribution in [0.5, 0.6) is 5.75 Å². The third kappa shape index (κ3) is 3.72. The van der Waals surface area contributed by atoms with Crippen molar-refractivity contribution < 1.29 is 14.6 Å². The number of aliphatic carboxylic acids is 1.